The third-order valence-corrected chi connectivity index (χ3v) is 7.91. The summed E-state index contributed by atoms with van der Waals surface area (Å²) in [6.07, 6.45) is 6.73. The lowest BCUT2D eigenvalue weighted by Gasteiger charge is -2.24. The van der Waals surface area contributed by atoms with Crippen LogP contribution >= 0.6 is 11.8 Å². The maximum Gasteiger partial charge on any atom is 0.0982 e. The second-order valence-corrected chi connectivity index (χ2v) is 10.3. The molecule has 0 aromatic heterocycles. The van der Waals surface area contributed by atoms with Crippen LogP contribution in [0.5, 0.6) is 0 Å². The normalized spacial score (nSPS) is 22.8. The van der Waals surface area contributed by atoms with Crippen molar-refractivity contribution >= 4 is 46.6 Å². The summed E-state index contributed by atoms with van der Waals surface area (Å²) in [6.45, 7) is 4.59. The van der Waals surface area contributed by atoms with E-state index >= 15 is 0 Å². The number of hydrazone groups is 1. The molecular formula is C24H27N6S2-. The van der Waals surface area contributed by atoms with E-state index in [-0.39, 0.29) is 10.8 Å². The molecule has 0 fully saturated rings. The number of rotatable bonds is 3. The van der Waals surface area contributed by atoms with Crippen LogP contribution in [-0.2, 0) is 18.0 Å². The Labute approximate surface area is 199 Å². The Kier molecular flexibility index (Phi) is 5.11. The van der Waals surface area contributed by atoms with Gasteiger partial charge in [0, 0.05) is 48.0 Å². The molecule has 1 N–H and O–H groups in total. The predicted molar refractivity (Wildman–Crippen MR) is 138 cm³/mol. The number of anilines is 3. The van der Waals surface area contributed by atoms with Gasteiger partial charge in [0.2, 0.25) is 0 Å². The lowest BCUT2D eigenvalue weighted by Crippen LogP contribution is -2.41. The number of fused-ring (bicyclic) bond motifs is 2. The Hall–Kier alpha value is -2.68. The minimum absolute atomic E-state index is 0.0123. The number of nitrogens with zero attached hydrogens (tertiary/aromatic N) is 5. The summed E-state index contributed by atoms with van der Waals surface area (Å²) in [5.41, 5.74) is 9.30. The van der Waals surface area contributed by atoms with Gasteiger partial charge in [0.25, 0.3) is 0 Å². The van der Waals surface area contributed by atoms with Gasteiger partial charge in [-0.05, 0) is 35.9 Å². The summed E-state index contributed by atoms with van der Waals surface area (Å²) in [5.74, 6) is 0. The third-order valence-electron chi connectivity index (χ3n) is 6.35. The maximum absolute atomic E-state index is 5.35. The van der Waals surface area contributed by atoms with Crippen molar-refractivity contribution in [1.29, 1.82) is 0 Å². The molecule has 0 amide bonds. The minimum Gasteiger partial charge on any atom is -0.739 e. The highest BCUT2D eigenvalue weighted by molar-refractivity contribution is 8.00. The molecule has 3 heterocycles. The lowest BCUT2D eigenvalue weighted by atomic mass is 9.84. The molecule has 0 aliphatic carbocycles. The summed E-state index contributed by atoms with van der Waals surface area (Å²) in [7, 11) is 6.13. The molecule has 2 aromatic rings. The van der Waals surface area contributed by atoms with E-state index in [1.54, 1.807) is 5.12 Å². The van der Waals surface area contributed by atoms with E-state index in [4.69, 9.17) is 12.6 Å². The topological polar surface area (TPSA) is 37.4 Å². The minimum atomic E-state index is -0.0123. The highest BCUT2D eigenvalue weighted by Gasteiger charge is 2.37. The van der Waals surface area contributed by atoms with Crippen molar-refractivity contribution in [3.05, 3.63) is 72.0 Å². The summed E-state index contributed by atoms with van der Waals surface area (Å²) >= 11 is 7.20. The summed E-state index contributed by atoms with van der Waals surface area (Å²) in [4.78, 5) is 5.85. The van der Waals surface area contributed by atoms with Crippen molar-refractivity contribution in [2.75, 3.05) is 36.0 Å². The fraction of sp³-hybridized carbons (Fsp3) is 0.292. The van der Waals surface area contributed by atoms with Crippen LogP contribution in [0.1, 0.15) is 19.4 Å². The third kappa shape index (κ3) is 3.34. The molecular weight excluding hydrogens is 436 g/mol. The summed E-state index contributed by atoms with van der Waals surface area (Å²) in [6, 6.07) is 15.1. The van der Waals surface area contributed by atoms with Crippen molar-refractivity contribution in [2.24, 2.45) is 5.10 Å². The Morgan fingerprint density at radius 3 is 2.59 bits per heavy atom. The van der Waals surface area contributed by atoms with E-state index in [0.717, 1.165) is 5.69 Å². The van der Waals surface area contributed by atoms with E-state index in [9.17, 15) is 0 Å². The van der Waals surface area contributed by atoms with E-state index in [0.29, 0.717) is 5.17 Å². The maximum atomic E-state index is 5.35. The molecule has 0 saturated heterocycles. The smallest absolute Gasteiger partial charge is 0.0982 e. The Bertz CT molecular complexity index is 1150. The zero-order valence-electron chi connectivity index (χ0n) is 18.9. The predicted octanol–water partition coefficient (Wildman–Crippen LogP) is 4.41. The number of hydrazine groups is 2. The molecule has 3 aliphatic rings. The average molecular weight is 464 g/mol. The van der Waals surface area contributed by atoms with Gasteiger partial charge in [0.1, 0.15) is 0 Å². The zero-order chi connectivity index (χ0) is 22.6. The monoisotopic (exact) mass is 463 g/mol. The van der Waals surface area contributed by atoms with Gasteiger partial charge in [-0.3, -0.25) is 5.01 Å². The first-order chi connectivity index (χ1) is 15.3. The second-order valence-electron chi connectivity index (χ2n) is 8.75. The van der Waals surface area contributed by atoms with Gasteiger partial charge < -0.3 is 22.4 Å². The van der Waals surface area contributed by atoms with E-state index in [1.165, 1.54) is 27.5 Å². The first kappa shape index (κ1) is 21.2. The van der Waals surface area contributed by atoms with Crippen LogP contribution in [0, 0.1) is 0 Å². The number of allylic oxidation sites excluding steroid dienone is 3. The lowest BCUT2D eigenvalue weighted by molar-refractivity contribution is 0.280. The Morgan fingerprint density at radius 1 is 1.09 bits per heavy atom. The fourth-order valence-electron chi connectivity index (χ4n) is 4.64. The number of thioether (sulfide) groups is 1. The van der Waals surface area contributed by atoms with Crippen molar-refractivity contribution in [2.45, 2.75) is 29.5 Å². The molecule has 0 spiro atoms. The Morgan fingerprint density at radius 2 is 1.88 bits per heavy atom. The van der Waals surface area contributed by atoms with Crippen LogP contribution in [0.3, 0.4) is 0 Å². The van der Waals surface area contributed by atoms with Gasteiger partial charge in [-0.2, -0.15) is 5.10 Å². The van der Waals surface area contributed by atoms with E-state index in [1.807, 2.05) is 23.8 Å². The number of hydrogen-bond donors (Lipinski definition) is 1. The number of likely N-dealkylation sites (N-methyl/N-ethyl adjacent to an activating group) is 2. The highest BCUT2D eigenvalue weighted by atomic mass is 32.2. The zero-order valence-corrected chi connectivity index (χ0v) is 20.5. The van der Waals surface area contributed by atoms with Crippen molar-refractivity contribution in [1.82, 2.24) is 10.7 Å². The number of amidine groups is 1. The number of hydrogen-bond acceptors (Lipinski definition) is 8. The van der Waals surface area contributed by atoms with Gasteiger partial charge in [-0.1, -0.05) is 56.0 Å². The first-order valence-electron chi connectivity index (χ1n) is 10.6. The van der Waals surface area contributed by atoms with Gasteiger partial charge in [-0.15, -0.1) is 5.53 Å². The standard InChI is InChI=1S/C24H28N6S2/c1-24(2)17-9-6-7-10-18(17)27(3)21(24)11-8-12-22-28(4)19-14-13-16(15-20(19)32-22)30-23(31)25-29(5)26-30/h6-15,22,26H,1-5H3,(H,25,31)/p-1. The van der Waals surface area contributed by atoms with Gasteiger partial charge in [-0.25, -0.2) is 5.12 Å². The van der Waals surface area contributed by atoms with Gasteiger partial charge >= 0.3 is 0 Å². The molecule has 5 rings (SSSR count). The molecule has 8 heteroatoms. The van der Waals surface area contributed by atoms with Gasteiger partial charge in [0.15, 0.2) is 0 Å². The SMILES string of the molecule is CN1N=C([S-])N(c2ccc3c(c2)SC(C=CC=C2N(C)c4ccccc4C2(C)C)N3C)N1. The molecule has 32 heavy (non-hydrogen) atoms. The van der Waals surface area contributed by atoms with Crippen molar-refractivity contribution < 1.29 is 0 Å². The number of benzene rings is 2. The number of para-hydroxylation sites is 1. The largest absolute Gasteiger partial charge is 0.739 e. The molecule has 1 atom stereocenters. The molecule has 166 valence electrons. The van der Waals surface area contributed by atoms with Crippen molar-refractivity contribution in [3.63, 3.8) is 0 Å². The molecule has 3 aliphatic heterocycles. The van der Waals surface area contributed by atoms with Crippen LogP contribution in [0.2, 0.25) is 0 Å². The molecule has 0 saturated carbocycles. The fourth-order valence-corrected chi connectivity index (χ4v) is 6.13. The van der Waals surface area contributed by atoms with Crippen LogP contribution in [0.25, 0.3) is 0 Å². The van der Waals surface area contributed by atoms with E-state index < -0.39 is 0 Å². The molecule has 6 nitrogen and oxygen atoms in total. The summed E-state index contributed by atoms with van der Waals surface area (Å²) in [5, 5.41) is 8.41. The second kappa shape index (κ2) is 7.72. The molecule has 1 unspecified atom stereocenters. The highest BCUT2D eigenvalue weighted by Crippen LogP contribution is 2.47. The van der Waals surface area contributed by atoms with E-state index in [2.05, 4.69) is 109 Å². The number of nitrogens with one attached hydrogen (secondary N) is 1. The molecule has 2 aromatic carbocycles. The molecule has 0 radical (unpaired) electrons. The van der Waals surface area contributed by atoms with Crippen LogP contribution in [-0.4, -0.2) is 36.8 Å². The summed E-state index contributed by atoms with van der Waals surface area (Å²) < 4.78 is 0. The van der Waals surface area contributed by atoms with Gasteiger partial charge in [0.05, 0.1) is 16.7 Å². The average Bonchev–Trinajstić information content (AvgIpc) is 3.33. The van der Waals surface area contributed by atoms with Crippen molar-refractivity contribution in [3.8, 4) is 0 Å². The van der Waals surface area contributed by atoms with Crippen LogP contribution < -0.4 is 20.3 Å². The quantitative estimate of drug-likeness (QED) is 0.676. The van der Waals surface area contributed by atoms with Crippen LogP contribution in [0.4, 0.5) is 17.1 Å². The first-order valence-corrected chi connectivity index (χ1v) is 11.9. The Balaban J connectivity index is 1.35. The molecule has 0 bridgehead atoms. The van der Waals surface area contributed by atoms with Crippen LogP contribution in [0.15, 0.2) is 76.4 Å².